The molecule has 0 spiro atoms. The summed E-state index contributed by atoms with van der Waals surface area (Å²) in [5.41, 5.74) is 1.55. The van der Waals surface area contributed by atoms with Gasteiger partial charge in [-0.15, -0.1) is 0 Å². The molecule has 1 atom stereocenters. The third-order valence-electron chi connectivity index (χ3n) is 7.82. The summed E-state index contributed by atoms with van der Waals surface area (Å²) in [6.45, 7) is 5.26. The first-order valence-electron chi connectivity index (χ1n) is 15.2. The van der Waals surface area contributed by atoms with Gasteiger partial charge >= 0.3 is 0 Å². The van der Waals surface area contributed by atoms with Crippen molar-refractivity contribution in [2.75, 3.05) is 72.3 Å². The van der Waals surface area contributed by atoms with Crippen molar-refractivity contribution in [3.05, 3.63) is 96.1 Å². The minimum atomic E-state index is -3.66. The molecule has 2 aliphatic rings. The second-order valence-electron chi connectivity index (χ2n) is 10.8. The summed E-state index contributed by atoms with van der Waals surface area (Å²) >= 11 is 0. The molecule has 0 aliphatic carbocycles. The first kappa shape index (κ1) is 32.6. The number of benzene rings is 3. The average Bonchev–Trinajstić information content (AvgIpc) is 3.09. The molecule has 0 saturated carbocycles. The number of hydrogen-bond donors (Lipinski definition) is 1. The Bertz CT molecular complexity index is 1480. The van der Waals surface area contributed by atoms with E-state index in [0.717, 1.165) is 18.7 Å². The summed E-state index contributed by atoms with van der Waals surface area (Å²) in [5, 5.41) is 3.05. The molecule has 2 aliphatic heterocycles. The van der Waals surface area contributed by atoms with Gasteiger partial charge in [0.15, 0.2) is 6.61 Å². The van der Waals surface area contributed by atoms with Gasteiger partial charge in [0.05, 0.1) is 31.3 Å². The highest BCUT2D eigenvalue weighted by atomic mass is 32.2. The van der Waals surface area contributed by atoms with Crippen LogP contribution < -0.4 is 10.1 Å². The summed E-state index contributed by atoms with van der Waals surface area (Å²) in [5.74, 6) is -0.326. The molecule has 5 rings (SSSR count). The molecule has 2 fully saturated rings. The molecule has 0 bridgehead atoms. The highest BCUT2D eigenvalue weighted by Gasteiger charge is 2.32. The molecule has 3 aromatic carbocycles. The Balaban J connectivity index is 1.31. The predicted molar refractivity (Wildman–Crippen MR) is 168 cm³/mol. The number of nitrogens with one attached hydrogen (secondary N) is 1. The quantitative estimate of drug-likeness (QED) is 0.304. The lowest BCUT2D eigenvalue weighted by Crippen LogP contribution is -2.47. The van der Waals surface area contributed by atoms with E-state index >= 15 is 0 Å². The molecule has 0 aromatic heterocycles. The van der Waals surface area contributed by atoms with Gasteiger partial charge in [-0.1, -0.05) is 60.7 Å². The van der Waals surface area contributed by atoms with Crippen LogP contribution in [0.3, 0.4) is 0 Å². The van der Waals surface area contributed by atoms with Crippen molar-refractivity contribution in [1.82, 2.24) is 19.4 Å². The van der Waals surface area contributed by atoms with Crippen molar-refractivity contribution in [1.29, 1.82) is 0 Å². The lowest BCUT2D eigenvalue weighted by atomic mass is 10.0. The fraction of sp³-hybridized carbons (Fsp3) is 0.394. The number of rotatable bonds is 13. The molecule has 12 heteroatoms. The van der Waals surface area contributed by atoms with E-state index in [2.05, 4.69) is 10.2 Å². The van der Waals surface area contributed by atoms with Crippen molar-refractivity contribution >= 4 is 21.8 Å². The third-order valence-corrected chi connectivity index (χ3v) is 9.73. The van der Waals surface area contributed by atoms with E-state index in [-0.39, 0.29) is 29.9 Å². The largest absolute Gasteiger partial charge is 0.484 e. The zero-order chi connectivity index (χ0) is 31.5. The van der Waals surface area contributed by atoms with Crippen molar-refractivity contribution in [2.45, 2.75) is 17.5 Å². The maximum absolute atomic E-state index is 13.9. The lowest BCUT2D eigenvalue weighted by molar-refractivity contribution is -0.143. The lowest BCUT2D eigenvalue weighted by Gasteiger charge is -2.32. The highest BCUT2D eigenvalue weighted by Crippen LogP contribution is 2.25. The predicted octanol–water partition coefficient (Wildman–Crippen LogP) is 2.30. The summed E-state index contributed by atoms with van der Waals surface area (Å²) < 4.78 is 43.9. The van der Waals surface area contributed by atoms with Crippen molar-refractivity contribution in [2.24, 2.45) is 0 Å². The summed E-state index contributed by atoms with van der Waals surface area (Å²) in [6, 6.07) is 23.9. The number of carbonyl (C=O) groups excluding carboxylic acids is 2. The van der Waals surface area contributed by atoms with Crippen LogP contribution in [0.15, 0.2) is 89.8 Å². The molecule has 240 valence electrons. The van der Waals surface area contributed by atoms with E-state index in [9.17, 15) is 18.0 Å². The van der Waals surface area contributed by atoms with Crippen LogP contribution in [-0.4, -0.2) is 107 Å². The normalized spacial score (nSPS) is 16.9. The smallest absolute Gasteiger partial charge is 0.261 e. The van der Waals surface area contributed by atoms with Crippen LogP contribution in [-0.2, 0) is 35.6 Å². The first-order valence-corrected chi connectivity index (χ1v) is 16.6. The Morgan fingerprint density at radius 1 is 0.822 bits per heavy atom. The van der Waals surface area contributed by atoms with Crippen molar-refractivity contribution in [3.8, 4) is 5.75 Å². The molecule has 45 heavy (non-hydrogen) atoms. The average molecular weight is 637 g/mol. The monoisotopic (exact) mass is 636 g/mol. The third kappa shape index (κ3) is 8.89. The van der Waals surface area contributed by atoms with Crippen LogP contribution in [0.5, 0.6) is 5.75 Å². The standard InChI is InChI=1S/C33H40N4O7S/c38-31(26-44-29-11-13-30(14-12-29)45(40,41)36-19-23-43-24-20-36)37(25-27-7-3-1-4-8-27)32(28-9-5-2-6-10-28)33(39)34-15-16-35-17-21-42-22-18-35/h1-14,32H,15-26H2,(H,34,39)/t32-/m1/s1. The molecular weight excluding hydrogens is 596 g/mol. The minimum absolute atomic E-state index is 0.145. The second kappa shape index (κ2) is 16.0. The van der Waals surface area contributed by atoms with Gasteiger partial charge in [0, 0.05) is 45.8 Å². The van der Waals surface area contributed by atoms with Gasteiger partial charge in [-0.05, 0) is 35.4 Å². The molecule has 0 unspecified atom stereocenters. The number of amides is 2. The van der Waals surface area contributed by atoms with Gasteiger partial charge in [-0.2, -0.15) is 4.31 Å². The van der Waals surface area contributed by atoms with E-state index in [1.54, 1.807) is 0 Å². The molecule has 2 saturated heterocycles. The van der Waals surface area contributed by atoms with Gasteiger partial charge in [0.2, 0.25) is 15.9 Å². The van der Waals surface area contributed by atoms with Gasteiger partial charge in [0.1, 0.15) is 11.8 Å². The number of morpholine rings is 2. The van der Waals surface area contributed by atoms with Crippen LogP contribution in [0.1, 0.15) is 17.2 Å². The van der Waals surface area contributed by atoms with Crippen LogP contribution in [0, 0.1) is 0 Å². The van der Waals surface area contributed by atoms with Crippen LogP contribution in [0.25, 0.3) is 0 Å². The fourth-order valence-electron chi connectivity index (χ4n) is 5.34. The Morgan fingerprint density at radius 3 is 2.07 bits per heavy atom. The fourth-order valence-corrected chi connectivity index (χ4v) is 6.75. The summed E-state index contributed by atoms with van der Waals surface area (Å²) in [6.07, 6.45) is 0. The highest BCUT2D eigenvalue weighted by molar-refractivity contribution is 7.89. The molecule has 0 radical (unpaired) electrons. The van der Waals surface area contributed by atoms with Crippen LogP contribution in [0.4, 0.5) is 0 Å². The molecule has 11 nitrogen and oxygen atoms in total. The van der Waals surface area contributed by atoms with E-state index in [0.29, 0.717) is 63.9 Å². The van der Waals surface area contributed by atoms with Crippen LogP contribution >= 0.6 is 0 Å². The number of ether oxygens (including phenoxy) is 3. The topological polar surface area (TPSA) is 118 Å². The van der Waals surface area contributed by atoms with Gasteiger partial charge in [0.25, 0.3) is 5.91 Å². The number of carbonyl (C=O) groups is 2. The Kier molecular flexibility index (Phi) is 11.6. The van der Waals surface area contributed by atoms with Crippen molar-refractivity contribution in [3.63, 3.8) is 0 Å². The first-order chi connectivity index (χ1) is 21.9. The van der Waals surface area contributed by atoms with E-state index in [4.69, 9.17) is 14.2 Å². The number of sulfonamides is 1. The SMILES string of the molecule is O=C(NCCN1CCOCC1)[C@@H](c1ccccc1)N(Cc1ccccc1)C(=O)COc1ccc(S(=O)(=O)N2CCOCC2)cc1. The second-order valence-corrected chi connectivity index (χ2v) is 12.8. The number of hydrogen-bond acceptors (Lipinski definition) is 8. The zero-order valence-corrected chi connectivity index (χ0v) is 26.1. The van der Waals surface area contributed by atoms with Gasteiger partial charge < -0.3 is 24.4 Å². The molecule has 2 amide bonds. The maximum atomic E-state index is 13.9. The number of nitrogens with zero attached hydrogens (tertiary/aromatic N) is 3. The van der Waals surface area contributed by atoms with Crippen molar-refractivity contribution < 1.29 is 32.2 Å². The molecular formula is C33H40N4O7S. The van der Waals surface area contributed by atoms with Gasteiger partial charge in [-0.3, -0.25) is 14.5 Å². The minimum Gasteiger partial charge on any atom is -0.484 e. The Hall–Kier alpha value is -3.81. The zero-order valence-electron chi connectivity index (χ0n) is 25.3. The van der Waals surface area contributed by atoms with E-state index in [1.807, 2.05) is 60.7 Å². The molecule has 1 N–H and O–H groups in total. The summed E-state index contributed by atoms with van der Waals surface area (Å²) in [7, 11) is -3.66. The van der Waals surface area contributed by atoms with E-state index in [1.165, 1.54) is 33.5 Å². The van der Waals surface area contributed by atoms with Gasteiger partial charge in [-0.25, -0.2) is 8.42 Å². The maximum Gasteiger partial charge on any atom is 0.261 e. The molecule has 3 aromatic rings. The molecule has 2 heterocycles. The Labute approximate surface area is 264 Å². The summed E-state index contributed by atoms with van der Waals surface area (Å²) in [4.78, 5) is 31.6. The van der Waals surface area contributed by atoms with Crippen LogP contribution in [0.2, 0.25) is 0 Å². The Morgan fingerprint density at radius 2 is 1.42 bits per heavy atom. The van der Waals surface area contributed by atoms with E-state index < -0.39 is 16.1 Å².